The number of aromatic nitrogens is 2. The van der Waals surface area contributed by atoms with Crippen LogP contribution in [0.25, 0.3) is 21.8 Å². The molecule has 2 aromatic carbocycles. The number of aromatic amines is 2. The van der Waals surface area contributed by atoms with Crippen molar-refractivity contribution in [3.63, 3.8) is 0 Å². The Morgan fingerprint density at radius 3 is 1.62 bits per heavy atom. The fourth-order valence-corrected chi connectivity index (χ4v) is 5.92. The lowest BCUT2D eigenvalue weighted by molar-refractivity contribution is -0.129. The predicted molar refractivity (Wildman–Crippen MR) is 129 cm³/mol. The summed E-state index contributed by atoms with van der Waals surface area (Å²) in [4.78, 5) is 21.3. The molecule has 0 aliphatic carbocycles. The Morgan fingerprint density at radius 2 is 1.16 bits per heavy atom. The maximum absolute atomic E-state index is 14.1. The molecule has 4 atom stereocenters. The Hall–Kier alpha value is -2.89. The van der Waals surface area contributed by atoms with Crippen molar-refractivity contribution in [2.45, 2.75) is 24.7 Å². The number of fused-ring (bicyclic) bond motifs is 2. The van der Waals surface area contributed by atoms with E-state index in [1.807, 2.05) is 0 Å². The van der Waals surface area contributed by atoms with Gasteiger partial charge >= 0.3 is 0 Å². The molecule has 2 aliphatic rings. The molecule has 0 saturated carbocycles. The van der Waals surface area contributed by atoms with Crippen molar-refractivity contribution in [3.05, 3.63) is 72.1 Å². The lowest BCUT2D eigenvalue weighted by Crippen LogP contribution is -2.45. The van der Waals surface area contributed by atoms with Gasteiger partial charge in [0.05, 0.1) is 0 Å². The molecule has 4 aromatic rings. The summed E-state index contributed by atoms with van der Waals surface area (Å²) in [5.74, 6) is 0.947. The molecule has 0 amide bonds. The van der Waals surface area contributed by atoms with Gasteiger partial charge in [-0.05, 0) is 61.0 Å². The number of para-hydroxylation sites is 2. The first-order chi connectivity index (χ1) is 15.8. The number of benzene rings is 2. The summed E-state index contributed by atoms with van der Waals surface area (Å²) in [5.41, 5.74) is 4.68. The van der Waals surface area contributed by atoms with Gasteiger partial charge in [-0.2, -0.15) is 0 Å². The molecule has 0 bridgehead atoms. The second-order valence-corrected chi connectivity index (χ2v) is 9.44. The standard InChI is InChI=1S/C27H30N4O/c32-27(19-9-11-28-15-21(19)25-13-17-5-1-3-7-23(17)30-25)20-10-12-29-16-22(20)26-14-18-6-2-4-8-24(18)31-26/h1-8,13-14,19-22,28-31H,9-12,15-16H2. The highest BCUT2D eigenvalue weighted by Gasteiger charge is 2.40. The fourth-order valence-electron chi connectivity index (χ4n) is 5.92. The van der Waals surface area contributed by atoms with E-state index in [0.29, 0.717) is 5.78 Å². The number of ketones is 1. The monoisotopic (exact) mass is 426 g/mol. The van der Waals surface area contributed by atoms with Gasteiger partial charge in [-0.3, -0.25) is 4.79 Å². The van der Waals surface area contributed by atoms with Gasteiger partial charge in [0.15, 0.2) is 0 Å². The van der Waals surface area contributed by atoms with E-state index in [9.17, 15) is 4.79 Å². The Labute approximate surface area is 188 Å². The van der Waals surface area contributed by atoms with Crippen molar-refractivity contribution in [2.75, 3.05) is 26.2 Å². The smallest absolute Gasteiger partial charge is 0.140 e. The zero-order valence-electron chi connectivity index (χ0n) is 18.2. The number of Topliss-reactive ketones (excluding diaryl/α,β-unsaturated/α-hetero) is 1. The third kappa shape index (κ3) is 3.46. The van der Waals surface area contributed by atoms with E-state index >= 15 is 0 Å². The molecule has 0 radical (unpaired) electrons. The number of piperidine rings is 2. The highest BCUT2D eigenvalue weighted by Crippen LogP contribution is 2.39. The Morgan fingerprint density at radius 1 is 0.688 bits per heavy atom. The van der Waals surface area contributed by atoms with Crippen molar-refractivity contribution in [1.29, 1.82) is 0 Å². The summed E-state index contributed by atoms with van der Waals surface area (Å²) in [6.07, 6.45) is 1.81. The van der Waals surface area contributed by atoms with Crippen LogP contribution in [0.3, 0.4) is 0 Å². The average Bonchev–Trinajstić information content (AvgIpc) is 3.48. The molecule has 0 spiro atoms. The number of rotatable bonds is 4. The van der Waals surface area contributed by atoms with Crippen LogP contribution in [0.2, 0.25) is 0 Å². The molecule has 5 heteroatoms. The number of carbonyl (C=O) groups excluding carboxylic acids is 1. The van der Waals surface area contributed by atoms with Crippen molar-refractivity contribution < 1.29 is 4.79 Å². The molecule has 4 unspecified atom stereocenters. The number of hydrogen-bond donors (Lipinski definition) is 4. The van der Waals surface area contributed by atoms with Crippen molar-refractivity contribution in [1.82, 2.24) is 20.6 Å². The molecule has 4 heterocycles. The second-order valence-electron chi connectivity index (χ2n) is 9.44. The van der Waals surface area contributed by atoms with Gasteiger partial charge in [-0.15, -0.1) is 0 Å². The van der Waals surface area contributed by atoms with Crippen molar-refractivity contribution >= 4 is 27.6 Å². The van der Waals surface area contributed by atoms with Gasteiger partial charge in [-0.25, -0.2) is 0 Å². The van der Waals surface area contributed by atoms with Crippen LogP contribution in [0.5, 0.6) is 0 Å². The maximum Gasteiger partial charge on any atom is 0.140 e. The Kier molecular flexibility index (Phi) is 5.08. The summed E-state index contributed by atoms with van der Waals surface area (Å²) in [7, 11) is 0. The molecule has 32 heavy (non-hydrogen) atoms. The van der Waals surface area contributed by atoms with Crippen LogP contribution in [0.4, 0.5) is 0 Å². The van der Waals surface area contributed by atoms with E-state index < -0.39 is 0 Å². The van der Waals surface area contributed by atoms with E-state index in [0.717, 1.165) is 50.1 Å². The van der Waals surface area contributed by atoms with Crippen LogP contribution < -0.4 is 10.6 Å². The maximum atomic E-state index is 14.1. The first-order valence-corrected chi connectivity index (χ1v) is 11.9. The quantitative estimate of drug-likeness (QED) is 0.393. The minimum absolute atomic E-state index is 0.0549. The molecule has 2 fully saturated rings. The minimum Gasteiger partial charge on any atom is -0.358 e. The topological polar surface area (TPSA) is 72.7 Å². The lowest BCUT2D eigenvalue weighted by atomic mass is 9.71. The third-order valence-corrected chi connectivity index (χ3v) is 7.60. The molecule has 2 aliphatic heterocycles. The Bertz CT molecular complexity index is 1090. The lowest BCUT2D eigenvalue weighted by Gasteiger charge is -2.37. The number of hydrogen-bond acceptors (Lipinski definition) is 3. The van der Waals surface area contributed by atoms with Gasteiger partial charge in [0.1, 0.15) is 5.78 Å². The van der Waals surface area contributed by atoms with Gasteiger partial charge in [0.25, 0.3) is 0 Å². The largest absolute Gasteiger partial charge is 0.358 e. The first-order valence-electron chi connectivity index (χ1n) is 11.9. The van der Waals surface area contributed by atoms with Gasteiger partial charge in [0.2, 0.25) is 0 Å². The highest BCUT2D eigenvalue weighted by atomic mass is 16.1. The van der Waals surface area contributed by atoms with E-state index in [1.54, 1.807) is 0 Å². The predicted octanol–water partition coefficient (Wildman–Crippen LogP) is 4.30. The zero-order valence-corrected chi connectivity index (χ0v) is 18.2. The molecular weight excluding hydrogens is 396 g/mol. The van der Waals surface area contributed by atoms with Crippen LogP contribution in [0, 0.1) is 11.8 Å². The molecule has 164 valence electrons. The van der Waals surface area contributed by atoms with Crippen molar-refractivity contribution in [3.8, 4) is 0 Å². The van der Waals surface area contributed by atoms with Gasteiger partial charge in [-0.1, -0.05) is 36.4 Å². The molecule has 2 saturated heterocycles. The SMILES string of the molecule is O=C(C1CCNCC1c1cc2ccccc2[nH]1)C1CCNCC1c1cc2ccccc2[nH]1. The number of nitrogens with one attached hydrogen (secondary N) is 4. The molecule has 5 nitrogen and oxygen atoms in total. The molecule has 6 rings (SSSR count). The summed E-state index contributed by atoms with van der Waals surface area (Å²) >= 11 is 0. The van der Waals surface area contributed by atoms with E-state index in [2.05, 4.69) is 81.3 Å². The Balaban J connectivity index is 1.31. The van der Waals surface area contributed by atoms with Crippen LogP contribution in [-0.2, 0) is 4.79 Å². The van der Waals surface area contributed by atoms with Crippen molar-refractivity contribution in [2.24, 2.45) is 11.8 Å². The number of carbonyl (C=O) groups is 1. The van der Waals surface area contributed by atoms with E-state index in [-0.39, 0.29) is 23.7 Å². The highest BCUT2D eigenvalue weighted by molar-refractivity contribution is 5.87. The number of H-pyrrole nitrogens is 2. The second kappa shape index (κ2) is 8.23. The van der Waals surface area contributed by atoms with Crippen LogP contribution >= 0.6 is 0 Å². The van der Waals surface area contributed by atoms with Crippen LogP contribution in [-0.4, -0.2) is 41.9 Å². The zero-order chi connectivity index (χ0) is 21.5. The fraction of sp³-hybridized carbons (Fsp3) is 0.370. The molecule has 2 aromatic heterocycles. The summed E-state index contributed by atoms with van der Waals surface area (Å²) in [6.45, 7) is 3.53. The summed E-state index contributed by atoms with van der Waals surface area (Å²) < 4.78 is 0. The minimum atomic E-state index is 0.0549. The normalized spacial score (nSPS) is 26.5. The van der Waals surface area contributed by atoms with Crippen LogP contribution in [0.1, 0.15) is 36.1 Å². The third-order valence-electron chi connectivity index (χ3n) is 7.60. The van der Waals surface area contributed by atoms with Gasteiger partial charge < -0.3 is 20.6 Å². The van der Waals surface area contributed by atoms with Gasteiger partial charge in [0, 0.05) is 59.2 Å². The summed E-state index contributed by atoms with van der Waals surface area (Å²) in [5, 5.41) is 9.51. The molecular formula is C27H30N4O. The first kappa shape index (κ1) is 19.8. The summed E-state index contributed by atoms with van der Waals surface area (Å²) in [6, 6.07) is 21.3. The van der Waals surface area contributed by atoms with E-state index in [4.69, 9.17) is 0 Å². The van der Waals surface area contributed by atoms with Crippen LogP contribution in [0.15, 0.2) is 60.7 Å². The molecule has 4 N–H and O–H groups in total. The van der Waals surface area contributed by atoms with E-state index in [1.165, 1.54) is 22.2 Å². The average molecular weight is 427 g/mol.